The Morgan fingerprint density at radius 1 is 1.45 bits per heavy atom. The van der Waals surface area contributed by atoms with Crippen LogP contribution in [0.1, 0.15) is 4.88 Å². The SMILES string of the molecule is Cc1cnc(-c2ncn[nH]2)s1. The molecule has 0 bridgehead atoms. The van der Waals surface area contributed by atoms with Crippen LogP contribution in [-0.4, -0.2) is 20.2 Å². The average molecular weight is 166 g/mol. The van der Waals surface area contributed by atoms with Crippen LogP contribution in [0, 0.1) is 6.92 Å². The van der Waals surface area contributed by atoms with E-state index < -0.39 is 0 Å². The van der Waals surface area contributed by atoms with Crippen molar-refractivity contribution in [2.75, 3.05) is 0 Å². The van der Waals surface area contributed by atoms with Crippen LogP contribution in [0.15, 0.2) is 12.5 Å². The molecule has 0 saturated heterocycles. The maximum atomic E-state index is 4.14. The zero-order chi connectivity index (χ0) is 7.68. The monoisotopic (exact) mass is 166 g/mol. The highest BCUT2D eigenvalue weighted by molar-refractivity contribution is 7.14. The molecule has 56 valence electrons. The van der Waals surface area contributed by atoms with Crippen LogP contribution in [0.4, 0.5) is 0 Å². The Bertz CT molecular complexity index is 337. The van der Waals surface area contributed by atoms with Crippen molar-refractivity contribution in [1.82, 2.24) is 20.2 Å². The lowest BCUT2D eigenvalue weighted by atomic mass is 10.6. The van der Waals surface area contributed by atoms with Gasteiger partial charge in [0, 0.05) is 11.1 Å². The summed E-state index contributed by atoms with van der Waals surface area (Å²) in [4.78, 5) is 9.30. The van der Waals surface area contributed by atoms with E-state index in [2.05, 4.69) is 20.2 Å². The molecule has 5 heteroatoms. The third-order valence-electron chi connectivity index (χ3n) is 1.24. The number of hydrogen-bond donors (Lipinski definition) is 1. The van der Waals surface area contributed by atoms with E-state index >= 15 is 0 Å². The van der Waals surface area contributed by atoms with Crippen LogP contribution in [-0.2, 0) is 0 Å². The number of aromatic nitrogens is 4. The zero-order valence-electron chi connectivity index (χ0n) is 5.90. The summed E-state index contributed by atoms with van der Waals surface area (Å²) in [6.07, 6.45) is 3.30. The van der Waals surface area contributed by atoms with Gasteiger partial charge in [-0.15, -0.1) is 11.3 Å². The third kappa shape index (κ3) is 1.14. The van der Waals surface area contributed by atoms with Crippen molar-refractivity contribution in [1.29, 1.82) is 0 Å². The number of aryl methyl sites for hydroxylation is 1. The Hall–Kier alpha value is -1.23. The molecule has 2 rings (SSSR count). The molecule has 0 fully saturated rings. The number of aromatic amines is 1. The Labute approximate surface area is 67.3 Å². The van der Waals surface area contributed by atoms with Gasteiger partial charge in [0.15, 0.2) is 10.8 Å². The Balaban J connectivity index is 2.45. The van der Waals surface area contributed by atoms with Gasteiger partial charge in [-0.05, 0) is 6.92 Å². The van der Waals surface area contributed by atoms with Gasteiger partial charge in [-0.3, -0.25) is 5.10 Å². The molecule has 0 amide bonds. The summed E-state index contributed by atoms with van der Waals surface area (Å²) in [5.74, 6) is 0.739. The Kier molecular flexibility index (Phi) is 1.43. The van der Waals surface area contributed by atoms with Gasteiger partial charge in [0.2, 0.25) is 0 Å². The summed E-state index contributed by atoms with van der Waals surface area (Å²) in [7, 11) is 0. The van der Waals surface area contributed by atoms with Gasteiger partial charge in [0.1, 0.15) is 6.33 Å². The lowest BCUT2D eigenvalue weighted by Crippen LogP contribution is -1.76. The minimum Gasteiger partial charge on any atom is -0.257 e. The standard InChI is InChI=1S/C6H6N4S/c1-4-2-7-6(11-4)5-8-3-9-10-5/h2-3H,1H3,(H,8,9,10). The van der Waals surface area contributed by atoms with Crippen LogP contribution < -0.4 is 0 Å². The predicted octanol–water partition coefficient (Wildman–Crippen LogP) is 1.24. The van der Waals surface area contributed by atoms with Gasteiger partial charge < -0.3 is 0 Å². The Morgan fingerprint density at radius 2 is 2.36 bits per heavy atom. The molecule has 2 heterocycles. The molecular weight excluding hydrogens is 160 g/mol. The first kappa shape index (κ1) is 6.48. The molecule has 0 aliphatic heterocycles. The number of nitrogens with one attached hydrogen (secondary N) is 1. The predicted molar refractivity (Wildman–Crippen MR) is 42.2 cm³/mol. The summed E-state index contributed by atoms with van der Waals surface area (Å²) >= 11 is 1.60. The third-order valence-corrected chi connectivity index (χ3v) is 2.16. The fraction of sp³-hybridized carbons (Fsp3) is 0.167. The largest absolute Gasteiger partial charge is 0.257 e. The molecule has 4 nitrogen and oxygen atoms in total. The van der Waals surface area contributed by atoms with E-state index in [1.54, 1.807) is 11.3 Å². The molecule has 11 heavy (non-hydrogen) atoms. The molecule has 2 aromatic heterocycles. The lowest BCUT2D eigenvalue weighted by molar-refractivity contribution is 1.09. The van der Waals surface area contributed by atoms with Crippen LogP contribution in [0.5, 0.6) is 0 Å². The zero-order valence-corrected chi connectivity index (χ0v) is 6.72. The number of H-pyrrole nitrogens is 1. The van der Waals surface area contributed by atoms with Gasteiger partial charge in [-0.25, -0.2) is 9.97 Å². The normalized spacial score (nSPS) is 10.3. The molecule has 2 aromatic rings. The maximum Gasteiger partial charge on any atom is 0.184 e. The van der Waals surface area contributed by atoms with Crippen LogP contribution in [0.25, 0.3) is 10.8 Å². The second-order valence-corrected chi connectivity index (χ2v) is 3.34. The van der Waals surface area contributed by atoms with Crippen molar-refractivity contribution < 1.29 is 0 Å². The Morgan fingerprint density at radius 3 is 2.91 bits per heavy atom. The molecule has 0 aliphatic carbocycles. The minimum absolute atomic E-state index is 0.739. The highest BCUT2D eigenvalue weighted by atomic mass is 32.1. The molecular formula is C6H6N4S. The van der Waals surface area contributed by atoms with E-state index in [0.717, 1.165) is 10.8 Å². The van der Waals surface area contributed by atoms with E-state index in [9.17, 15) is 0 Å². The summed E-state index contributed by atoms with van der Waals surface area (Å²) in [6.45, 7) is 2.01. The van der Waals surface area contributed by atoms with Crippen molar-refractivity contribution >= 4 is 11.3 Å². The minimum atomic E-state index is 0.739. The molecule has 1 N–H and O–H groups in total. The molecule has 0 unspecified atom stereocenters. The molecule has 0 saturated carbocycles. The van der Waals surface area contributed by atoms with Crippen LogP contribution >= 0.6 is 11.3 Å². The molecule has 0 spiro atoms. The van der Waals surface area contributed by atoms with Crippen molar-refractivity contribution in [3.05, 3.63) is 17.4 Å². The van der Waals surface area contributed by atoms with Gasteiger partial charge in [0.25, 0.3) is 0 Å². The number of nitrogens with zero attached hydrogens (tertiary/aromatic N) is 3. The van der Waals surface area contributed by atoms with Crippen molar-refractivity contribution in [2.45, 2.75) is 6.92 Å². The van der Waals surface area contributed by atoms with E-state index in [4.69, 9.17) is 0 Å². The fourth-order valence-corrected chi connectivity index (χ4v) is 1.48. The summed E-state index contributed by atoms with van der Waals surface area (Å²) in [6, 6.07) is 0. The van der Waals surface area contributed by atoms with Gasteiger partial charge >= 0.3 is 0 Å². The highest BCUT2D eigenvalue weighted by Crippen LogP contribution is 2.19. The number of rotatable bonds is 1. The van der Waals surface area contributed by atoms with E-state index in [1.165, 1.54) is 11.2 Å². The first-order chi connectivity index (χ1) is 5.36. The lowest BCUT2D eigenvalue weighted by Gasteiger charge is -1.82. The maximum absolute atomic E-state index is 4.14. The number of hydrogen-bond acceptors (Lipinski definition) is 4. The second kappa shape index (κ2) is 2.43. The van der Waals surface area contributed by atoms with Gasteiger partial charge in [-0.2, -0.15) is 5.10 Å². The topological polar surface area (TPSA) is 54.5 Å². The summed E-state index contributed by atoms with van der Waals surface area (Å²) in [5.41, 5.74) is 0. The summed E-state index contributed by atoms with van der Waals surface area (Å²) in [5, 5.41) is 7.38. The highest BCUT2D eigenvalue weighted by Gasteiger charge is 2.03. The molecule has 0 aliphatic rings. The van der Waals surface area contributed by atoms with E-state index in [1.807, 2.05) is 13.1 Å². The quantitative estimate of drug-likeness (QED) is 0.693. The van der Waals surface area contributed by atoms with Crippen LogP contribution in [0.3, 0.4) is 0 Å². The van der Waals surface area contributed by atoms with Crippen molar-refractivity contribution in [3.63, 3.8) is 0 Å². The first-order valence-electron chi connectivity index (χ1n) is 3.14. The smallest absolute Gasteiger partial charge is 0.184 e. The van der Waals surface area contributed by atoms with Crippen molar-refractivity contribution in [3.8, 4) is 10.8 Å². The van der Waals surface area contributed by atoms with Crippen molar-refractivity contribution in [2.24, 2.45) is 0 Å². The van der Waals surface area contributed by atoms with E-state index in [-0.39, 0.29) is 0 Å². The average Bonchev–Trinajstić information content (AvgIpc) is 2.55. The molecule has 0 radical (unpaired) electrons. The fourth-order valence-electron chi connectivity index (χ4n) is 0.773. The summed E-state index contributed by atoms with van der Waals surface area (Å²) < 4.78 is 0. The van der Waals surface area contributed by atoms with E-state index in [0.29, 0.717) is 0 Å². The van der Waals surface area contributed by atoms with Crippen LogP contribution in [0.2, 0.25) is 0 Å². The second-order valence-electron chi connectivity index (χ2n) is 2.11. The first-order valence-corrected chi connectivity index (χ1v) is 3.96. The van der Waals surface area contributed by atoms with Gasteiger partial charge in [-0.1, -0.05) is 0 Å². The molecule has 0 aromatic carbocycles. The van der Waals surface area contributed by atoms with Gasteiger partial charge in [0.05, 0.1) is 0 Å². The molecule has 0 atom stereocenters. The number of thiazole rings is 1.